The van der Waals surface area contributed by atoms with E-state index in [-0.39, 0.29) is 5.56 Å². The lowest BCUT2D eigenvalue weighted by Gasteiger charge is -2.08. The van der Waals surface area contributed by atoms with Gasteiger partial charge in [0.1, 0.15) is 12.4 Å². The molecule has 5 heteroatoms. The van der Waals surface area contributed by atoms with Crippen LogP contribution in [0.25, 0.3) is 0 Å². The average molecular weight is 279 g/mol. The first-order valence-corrected chi connectivity index (χ1v) is 7.00. The minimum Gasteiger partial charge on any atom is -0.492 e. The Labute approximate surface area is 118 Å². The SMILES string of the molecule is O=C(O)c1cccc(OCCNCCOCC2CC2)c1. The van der Waals surface area contributed by atoms with E-state index in [9.17, 15) is 4.79 Å². The third-order valence-electron chi connectivity index (χ3n) is 3.10. The van der Waals surface area contributed by atoms with Gasteiger partial charge in [-0.05, 0) is 37.0 Å². The molecule has 5 nitrogen and oxygen atoms in total. The van der Waals surface area contributed by atoms with Crippen LogP contribution in [0.15, 0.2) is 24.3 Å². The normalized spacial score (nSPS) is 14.2. The van der Waals surface area contributed by atoms with Crippen LogP contribution in [-0.4, -0.2) is 44.0 Å². The molecule has 0 amide bonds. The van der Waals surface area contributed by atoms with Gasteiger partial charge in [0.2, 0.25) is 0 Å². The Morgan fingerprint density at radius 3 is 2.85 bits per heavy atom. The molecule has 1 fully saturated rings. The maximum atomic E-state index is 10.8. The van der Waals surface area contributed by atoms with Crippen LogP contribution < -0.4 is 10.1 Å². The summed E-state index contributed by atoms with van der Waals surface area (Å²) in [6.07, 6.45) is 2.63. The second-order valence-electron chi connectivity index (χ2n) is 4.95. The van der Waals surface area contributed by atoms with E-state index in [1.165, 1.54) is 18.9 Å². The van der Waals surface area contributed by atoms with E-state index in [4.69, 9.17) is 14.6 Å². The number of carboxylic acid groups (broad SMARTS) is 1. The summed E-state index contributed by atoms with van der Waals surface area (Å²) in [5.41, 5.74) is 0.240. The molecule has 2 rings (SSSR count). The number of hydrogen-bond donors (Lipinski definition) is 2. The summed E-state index contributed by atoms with van der Waals surface area (Å²) in [5, 5.41) is 12.1. The molecule has 0 saturated heterocycles. The van der Waals surface area contributed by atoms with Crippen LogP contribution in [0.5, 0.6) is 5.75 Å². The molecule has 0 aliphatic heterocycles. The second-order valence-corrected chi connectivity index (χ2v) is 4.95. The van der Waals surface area contributed by atoms with Crippen LogP contribution in [0.1, 0.15) is 23.2 Å². The van der Waals surface area contributed by atoms with Gasteiger partial charge < -0.3 is 19.9 Å². The largest absolute Gasteiger partial charge is 0.492 e. The Morgan fingerprint density at radius 1 is 1.30 bits per heavy atom. The summed E-state index contributed by atoms with van der Waals surface area (Å²) in [6.45, 7) is 3.65. The predicted molar refractivity (Wildman–Crippen MR) is 75.3 cm³/mol. The Bertz CT molecular complexity index is 432. The molecule has 0 atom stereocenters. The lowest BCUT2D eigenvalue weighted by atomic mass is 10.2. The monoisotopic (exact) mass is 279 g/mol. The molecule has 0 spiro atoms. The van der Waals surface area contributed by atoms with Gasteiger partial charge in [-0.1, -0.05) is 6.07 Å². The van der Waals surface area contributed by atoms with E-state index in [1.54, 1.807) is 18.2 Å². The Kier molecular flexibility index (Phi) is 5.83. The molecule has 1 aromatic rings. The lowest BCUT2D eigenvalue weighted by Crippen LogP contribution is -2.25. The van der Waals surface area contributed by atoms with E-state index < -0.39 is 5.97 Å². The van der Waals surface area contributed by atoms with Crippen LogP contribution in [0.2, 0.25) is 0 Å². The second kappa shape index (κ2) is 7.87. The molecular weight excluding hydrogens is 258 g/mol. The van der Waals surface area contributed by atoms with Crippen LogP contribution in [-0.2, 0) is 4.74 Å². The first-order chi connectivity index (χ1) is 9.75. The molecular formula is C15H21NO4. The minimum absolute atomic E-state index is 0.240. The molecule has 1 aliphatic carbocycles. The van der Waals surface area contributed by atoms with Gasteiger partial charge >= 0.3 is 5.97 Å². The number of ether oxygens (including phenoxy) is 2. The number of nitrogens with one attached hydrogen (secondary N) is 1. The molecule has 0 bridgehead atoms. The van der Waals surface area contributed by atoms with Gasteiger partial charge in [-0.25, -0.2) is 4.79 Å². The fourth-order valence-electron chi connectivity index (χ4n) is 1.76. The predicted octanol–water partition coefficient (Wildman–Crippen LogP) is 1.78. The van der Waals surface area contributed by atoms with Crippen LogP contribution >= 0.6 is 0 Å². The van der Waals surface area contributed by atoms with Crippen LogP contribution in [0, 0.1) is 5.92 Å². The van der Waals surface area contributed by atoms with Crippen molar-refractivity contribution in [2.24, 2.45) is 5.92 Å². The average Bonchev–Trinajstić information content (AvgIpc) is 3.26. The van der Waals surface area contributed by atoms with Crippen molar-refractivity contribution in [1.82, 2.24) is 5.32 Å². The van der Waals surface area contributed by atoms with E-state index in [1.807, 2.05) is 0 Å². The summed E-state index contributed by atoms with van der Waals surface area (Å²) >= 11 is 0. The van der Waals surface area contributed by atoms with Crippen molar-refractivity contribution in [3.05, 3.63) is 29.8 Å². The van der Waals surface area contributed by atoms with E-state index in [0.29, 0.717) is 18.9 Å². The third kappa shape index (κ3) is 5.59. The van der Waals surface area contributed by atoms with E-state index >= 15 is 0 Å². The molecule has 2 N–H and O–H groups in total. The number of carbonyl (C=O) groups is 1. The molecule has 20 heavy (non-hydrogen) atoms. The summed E-state index contributed by atoms with van der Waals surface area (Å²) in [7, 11) is 0. The van der Waals surface area contributed by atoms with Gasteiger partial charge in [0.05, 0.1) is 12.2 Å². The highest BCUT2D eigenvalue weighted by Gasteiger charge is 2.20. The van der Waals surface area contributed by atoms with Crippen molar-refractivity contribution in [3.8, 4) is 5.75 Å². The first-order valence-electron chi connectivity index (χ1n) is 7.00. The zero-order valence-electron chi connectivity index (χ0n) is 11.5. The first kappa shape index (κ1) is 14.8. The van der Waals surface area contributed by atoms with Crippen molar-refractivity contribution < 1.29 is 19.4 Å². The molecule has 1 aromatic carbocycles. The number of aromatic carboxylic acids is 1. The Morgan fingerprint density at radius 2 is 2.10 bits per heavy atom. The zero-order chi connectivity index (χ0) is 14.2. The summed E-state index contributed by atoms with van der Waals surface area (Å²) in [6, 6.07) is 6.51. The number of carboxylic acids is 1. The van der Waals surface area contributed by atoms with Crippen LogP contribution in [0.3, 0.4) is 0 Å². The molecule has 1 saturated carbocycles. The van der Waals surface area contributed by atoms with Crippen molar-refractivity contribution in [2.75, 3.05) is 32.9 Å². The standard InChI is InChI=1S/C15H21NO4/c17-15(18)13-2-1-3-14(10-13)20-9-7-16-6-8-19-11-12-4-5-12/h1-3,10,12,16H,4-9,11H2,(H,17,18). The van der Waals surface area contributed by atoms with Crippen molar-refractivity contribution in [3.63, 3.8) is 0 Å². The fraction of sp³-hybridized carbons (Fsp3) is 0.533. The Hall–Kier alpha value is -1.59. The van der Waals surface area contributed by atoms with Gasteiger partial charge in [0.15, 0.2) is 0 Å². The topological polar surface area (TPSA) is 67.8 Å². The number of benzene rings is 1. The van der Waals surface area contributed by atoms with Crippen LogP contribution in [0.4, 0.5) is 0 Å². The van der Waals surface area contributed by atoms with E-state index in [0.717, 1.165) is 25.7 Å². The molecule has 1 aliphatic rings. The highest BCUT2D eigenvalue weighted by molar-refractivity contribution is 5.87. The molecule has 110 valence electrons. The fourth-order valence-corrected chi connectivity index (χ4v) is 1.76. The maximum Gasteiger partial charge on any atom is 0.335 e. The maximum absolute atomic E-state index is 10.8. The van der Waals surface area contributed by atoms with E-state index in [2.05, 4.69) is 5.32 Å². The minimum atomic E-state index is -0.943. The summed E-state index contributed by atoms with van der Waals surface area (Å²) in [4.78, 5) is 10.8. The summed E-state index contributed by atoms with van der Waals surface area (Å²) in [5.74, 6) is 0.443. The van der Waals surface area contributed by atoms with Crippen molar-refractivity contribution >= 4 is 5.97 Å². The number of hydrogen-bond acceptors (Lipinski definition) is 4. The van der Waals surface area contributed by atoms with Gasteiger partial charge in [-0.2, -0.15) is 0 Å². The zero-order valence-corrected chi connectivity index (χ0v) is 11.5. The van der Waals surface area contributed by atoms with Crippen molar-refractivity contribution in [2.45, 2.75) is 12.8 Å². The third-order valence-corrected chi connectivity index (χ3v) is 3.10. The summed E-state index contributed by atoms with van der Waals surface area (Å²) < 4.78 is 11.0. The smallest absolute Gasteiger partial charge is 0.335 e. The highest BCUT2D eigenvalue weighted by atomic mass is 16.5. The van der Waals surface area contributed by atoms with Gasteiger partial charge in [-0.3, -0.25) is 0 Å². The Balaban J connectivity index is 1.51. The van der Waals surface area contributed by atoms with Gasteiger partial charge in [0, 0.05) is 19.7 Å². The quantitative estimate of drug-likeness (QED) is 0.639. The van der Waals surface area contributed by atoms with Gasteiger partial charge in [-0.15, -0.1) is 0 Å². The molecule has 0 aromatic heterocycles. The molecule has 0 radical (unpaired) electrons. The molecule has 0 heterocycles. The lowest BCUT2D eigenvalue weighted by molar-refractivity contribution is 0.0696. The van der Waals surface area contributed by atoms with Crippen molar-refractivity contribution in [1.29, 1.82) is 0 Å². The highest BCUT2D eigenvalue weighted by Crippen LogP contribution is 2.28. The van der Waals surface area contributed by atoms with Gasteiger partial charge in [0.25, 0.3) is 0 Å². The molecule has 0 unspecified atom stereocenters. The number of rotatable bonds is 10.